The zero-order valence-corrected chi connectivity index (χ0v) is 15.0. The van der Waals surface area contributed by atoms with Crippen molar-refractivity contribution in [1.82, 2.24) is 10.3 Å². The second kappa shape index (κ2) is 9.14. The fourth-order valence-corrected chi connectivity index (χ4v) is 3.60. The highest BCUT2D eigenvalue weighted by Gasteiger charge is 2.05. The Morgan fingerprint density at radius 2 is 1.60 bits per heavy atom. The molecule has 0 saturated heterocycles. The summed E-state index contributed by atoms with van der Waals surface area (Å²) in [5.41, 5.74) is 2.50. The number of benzene rings is 2. The zero-order valence-electron chi connectivity index (χ0n) is 14.2. The number of aryl methyl sites for hydroxylation is 1. The van der Waals surface area contributed by atoms with E-state index in [1.165, 1.54) is 16.0 Å². The largest absolute Gasteiger partial charge is 0.356 e. The molecule has 0 unspecified atom stereocenters. The molecule has 1 heterocycles. The third-order valence-electron chi connectivity index (χ3n) is 3.97. The van der Waals surface area contributed by atoms with Crippen LogP contribution in [0.25, 0.3) is 0 Å². The highest BCUT2D eigenvalue weighted by Crippen LogP contribution is 2.17. The van der Waals surface area contributed by atoms with Crippen molar-refractivity contribution in [2.75, 3.05) is 6.54 Å². The van der Waals surface area contributed by atoms with Gasteiger partial charge in [0.25, 0.3) is 0 Å². The average Bonchev–Trinajstić information content (AvgIpc) is 3.09. The van der Waals surface area contributed by atoms with E-state index in [4.69, 9.17) is 0 Å². The molecule has 4 heteroatoms. The van der Waals surface area contributed by atoms with E-state index in [0.29, 0.717) is 13.0 Å². The molecule has 0 bridgehead atoms. The smallest absolute Gasteiger partial charge is 0.220 e. The van der Waals surface area contributed by atoms with Crippen LogP contribution in [0.4, 0.5) is 0 Å². The number of rotatable bonds is 8. The quantitative estimate of drug-likeness (QED) is 0.666. The first-order chi connectivity index (χ1) is 12.3. The van der Waals surface area contributed by atoms with E-state index in [0.717, 1.165) is 24.3 Å². The minimum atomic E-state index is 0.102. The van der Waals surface area contributed by atoms with Gasteiger partial charge in [0.2, 0.25) is 5.91 Å². The van der Waals surface area contributed by atoms with Crippen LogP contribution in [0.1, 0.15) is 27.4 Å². The van der Waals surface area contributed by atoms with Crippen LogP contribution >= 0.6 is 11.3 Å². The summed E-state index contributed by atoms with van der Waals surface area (Å²) < 4.78 is 0. The number of nitrogens with one attached hydrogen (secondary N) is 1. The number of amides is 1. The van der Waals surface area contributed by atoms with Gasteiger partial charge in [0, 0.05) is 36.9 Å². The first-order valence-electron chi connectivity index (χ1n) is 8.58. The molecule has 0 aliphatic rings. The Morgan fingerprint density at radius 3 is 2.32 bits per heavy atom. The normalized spacial score (nSPS) is 10.6. The van der Waals surface area contributed by atoms with Gasteiger partial charge in [0.05, 0.1) is 5.01 Å². The lowest BCUT2D eigenvalue weighted by molar-refractivity contribution is -0.121. The molecule has 0 atom stereocenters. The van der Waals surface area contributed by atoms with Crippen molar-refractivity contribution in [2.24, 2.45) is 0 Å². The molecule has 1 aromatic heterocycles. The average molecular weight is 350 g/mol. The third kappa shape index (κ3) is 5.84. The summed E-state index contributed by atoms with van der Waals surface area (Å²) in [6.45, 7) is 0.645. The molecule has 25 heavy (non-hydrogen) atoms. The van der Waals surface area contributed by atoms with Gasteiger partial charge in [-0.05, 0) is 17.5 Å². The maximum Gasteiger partial charge on any atom is 0.220 e. The topological polar surface area (TPSA) is 42.0 Å². The standard InChI is InChI=1S/C21H22N2OS/c24-20(12-11-17-7-3-1-4-8-17)22-14-13-21-23-16-19(25-21)15-18-9-5-2-6-10-18/h1-10,16H,11-15H2,(H,22,24). The van der Waals surface area contributed by atoms with Gasteiger partial charge >= 0.3 is 0 Å². The summed E-state index contributed by atoms with van der Waals surface area (Å²) in [5.74, 6) is 0.102. The van der Waals surface area contributed by atoms with E-state index >= 15 is 0 Å². The summed E-state index contributed by atoms with van der Waals surface area (Å²) in [6, 6.07) is 20.5. The van der Waals surface area contributed by atoms with E-state index in [9.17, 15) is 4.79 Å². The molecule has 3 aromatic rings. The van der Waals surface area contributed by atoms with E-state index in [-0.39, 0.29) is 5.91 Å². The van der Waals surface area contributed by atoms with Crippen LogP contribution in [0.2, 0.25) is 0 Å². The van der Waals surface area contributed by atoms with E-state index in [2.05, 4.69) is 46.7 Å². The van der Waals surface area contributed by atoms with Crippen LogP contribution < -0.4 is 5.32 Å². The summed E-state index contributed by atoms with van der Waals surface area (Å²) in [5, 5.41) is 4.07. The van der Waals surface area contributed by atoms with Gasteiger partial charge in [-0.3, -0.25) is 4.79 Å². The number of hydrogen-bond acceptors (Lipinski definition) is 3. The van der Waals surface area contributed by atoms with Crippen molar-refractivity contribution in [1.29, 1.82) is 0 Å². The Hall–Kier alpha value is -2.46. The third-order valence-corrected chi connectivity index (χ3v) is 5.02. The van der Waals surface area contributed by atoms with Crippen LogP contribution in [0.3, 0.4) is 0 Å². The molecule has 3 rings (SSSR count). The van der Waals surface area contributed by atoms with Crippen molar-refractivity contribution in [3.8, 4) is 0 Å². The van der Waals surface area contributed by atoms with E-state index < -0.39 is 0 Å². The molecule has 0 saturated carbocycles. The molecule has 1 N–H and O–H groups in total. The lowest BCUT2D eigenvalue weighted by Gasteiger charge is -2.04. The van der Waals surface area contributed by atoms with Crippen LogP contribution in [-0.4, -0.2) is 17.4 Å². The SMILES string of the molecule is O=C(CCc1ccccc1)NCCc1ncc(Cc2ccccc2)s1. The minimum absolute atomic E-state index is 0.102. The lowest BCUT2D eigenvalue weighted by Crippen LogP contribution is -2.25. The van der Waals surface area contributed by atoms with Gasteiger partial charge in [-0.1, -0.05) is 60.7 Å². The number of hydrogen-bond donors (Lipinski definition) is 1. The molecule has 0 aliphatic heterocycles. The summed E-state index contributed by atoms with van der Waals surface area (Å²) >= 11 is 1.73. The Balaban J connectivity index is 1.38. The molecule has 128 valence electrons. The van der Waals surface area contributed by atoms with E-state index in [1.54, 1.807) is 11.3 Å². The van der Waals surface area contributed by atoms with Gasteiger partial charge < -0.3 is 5.32 Å². The van der Waals surface area contributed by atoms with Crippen molar-refractivity contribution in [2.45, 2.75) is 25.7 Å². The highest BCUT2D eigenvalue weighted by molar-refractivity contribution is 7.11. The molecule has 0 spiro atoms. The predicted octanol–water partition coefficient (Wildman–Crippen LogP) is 4.03. The molecule has 0 radical (unpaired) electrons. The predicted molar refractivity (Wildman–Crippen MR) is 103 cm³/mol. The Labute approximate surface area is 152 Å². The van der Waals surface area contributed by atoms with E-state index in [1.807, 2.05) is 30.5 Å². The Bertz CT molecular complexity index is 784. The number of nitrogens with zero attached hydrogens (tertiary/aromatic N) is 1. The van der Waals surface area contributed by atoms with Crippen molar-refractivity contribution >= 4 is 17.2 Å². The number of carbonyl (C=O) groups excluding carboxylic acids is 1. The van der Waals surface area contributed by atoms with Gasteiger partial charge in [-0.25, -0.2) is 4.98 Å². The molecule has 1 amide bonds. The van der Waals surface area contributed by atoms with Crippen LogP contribution in [-0.2, 0) is 24.1 Å². The molecule has 3 nitrogen and oxygen atoms in total. The molecule has 0 fully saturated rings. The minimum Gasteiger partial charge on any atom is -0.356 e. The first-order valence-corrected chi connectivity index (χ1v) is 9.39. The second-order valence-electron chi connectivity index (χ2n) is 5.97. The molecule has 2 aromatic carbocycles. The monoisotopic (exact) mass is 350 g/mol. The second-order valence-corrected chi connectivity index (χ2v) is 7.17. The van der Waals surface area contributed by atoms with Gasteiger partial charge in [-0.15, -0.1) is 11.3 Å². The maximum atomic E-state index is 11.9. The Kier molecular flexibility index (Phi) is 6.35. The molecular weight excluding hydrogens is 328 g/mol. The number of carbonyl (C=O) groups is 1. The fourth-order valence-electron chi connectivity index (χ4n) is 2.64. The summed E-state index contributed by atoms with van der Waals surface area (Å²) in [4.78, 5) is 17.7. The molecular formula is C21H22N2OS. The van der Waals surface area contributed by atoms with Crippen molar-refractivity contribution < 1.29 is 4.79 Å². The maximum absolute atomic E-state index is 11.9. The van der Waals surface area contributed by atoms with Crippen LogP contribution in [0, 0.1) is 0 Å². The summed E-state index contributed by atoms with van der Waals surface area (Å²) in [7, 11) is 0. The Morgan fingerprint density at radius 1 is 0.920 bits per heavy atom. The van der Waals surface area contributed by atoms with Gasteiger partial charge in [0.1, 0.15) is 0 Å². The van der Waals surface area contributed by atoms with Crippen LogP contribution in [0.15, 0.2) is 66.9 Å². The molecule has 0 aliphatic carbocycles. The van der Waals surface area contributed by atoms with Crippen molar-refractivity contribution in [3.63, 3.8) is 0 Å². The summed E-state index contributed by atoms with van der Waals surface area (Å²) in [6.07, 6.45) is 4.97. The van der Waals surface area contributed by atoms with Gasteiger partial charge in [0.15, 0.2) is 0 Å². The zero-order chi connectivity index (χ0) is 17.3. The lowest BCUT2D eigenvalue weighted by atomic mass is 10.1. The fraction of sp³-hybridized carbons (Fsp3) is 0.238. The number of thiazole rings is 1. The number of aromatic nitrogens is 1. The van der Waals surface area contributed by atoms with Crippen molar-refractivity contribution in [3.05, 3.63) is 87.9 Å². The van der Waals surface area contributed by atoms with Crippen LogP contribution in [0.5, 0.6) is 0 Å². The first kappa shape index (κ1) is 17.4. The van der Waals surface area contributed by atoms with Gasteiger partial charge in [-0.2, -0.15) is 0 Å². The highest BCUT2D eigenvalue weighted by atomic mass is 32.1.